The number of halogens is 3. The summed E-state index contributed by atoms with van der Waals surface area (Å²) in [6, 6.07) is 2.21. The van der Waals surface area contributed by atoms with Gasteiger partial charge in [-0.2, -0.15) is 0 Å². The van der Waals surface area contributed by atoms with Crippen LogP contribution in [0.25, 0.3) is 0 Å². The third kappa shape index (κ3) is 4.34. The molecule has 0 fully saturated rings. The van der Waals surface area contributed by atoms with Crippen LogP contribution in [-0.2, 0) is 0 Å². The minimum absolute atomic E-state index is 0.0367. The Morgan fingerprint density at radius 2 is 1.95 bits per heavy atom. The van der Waals surface area contributed by atoms with Gasteiger partial charge in [0.1, 0.15) is 5.82 Å². The topological polar surface area (TPSA) is 40.5 Å². The maximum Gasteiger partial charge on any atom is 0.255 e. The average Bonchev–Trinajstić information content (AvgIpc) is 2.28. The monoisotopic (exact) mass is 307 g/mol. The van der Waals surface area contributed by atoms with Crippen molar-refractivity contribution in [1.29, 1.82) is 0 Å². The fraction of sp³-hybridized carbons (Fsp3) is 0.462. The number of likely N-dealkylation sites (N-methyl/N-ethyl adjacent to an activating group) is 1. The Morgan fingerprint density at radius 3 is 2.42 bits per heavy atom. The molecule has 1 aromatic carbocycles. The lowest BCUT2D eigenvalue weighted by Crippen LogP contribution is -2.42. The van der Waals surface area contributed by atoms with E-state index in [2.05, 4.69) is 0 Å². The molecule has 0 aliphatic rings. The standard InChI is InChI=1S/C13H16Cl2FNO2/c1-4-17(7-13(2,3)19)12(18)8-5-11(16)10(15)6-9(8)14/h5-6,19H,4,7H2,1-3H3. The molecule has 0 saturated carbocycles. The summed E-state index contributed by atoms with van der Waals surface area (Å²) >= 11 is 11.5. The van der Waals surface area contributed by atoms with E-state index in [1.807, 2.05) is 0 Å². The SMILES string of the molecule is CCN(CC(C)(C)O)C(=O)c1cc(F)c(Cl)cc1Cl. The minimum atomic E-state index is -1.04. The van der Waals surface area contributed by atoms with E-state index in [-0.39, 0.29) is 22.2 Å². The van der Waals surface area contributed by atoms with Gasteiger partial charge in [0.15, 0.2) is 0 Å². The molecule has 1 aromatic rings. The highest BCUT2D eigenvalue weighted by Crippen LogP contribution is 2.25. The second-order valence-electron chi connectivity index (χ2n) is 4.88. The molecule has 0 aliphatic carbocycles. The van der Waals surface area contributed by atoms with Gasteiger partial charge in [-0.3, -0.25) is 4.79 Å². The smallest absolute Gasteiger partial charge is 0.255 e. The molecule has 1 rings (SSSR count). The number of hydrogen-bond donors (Lipinski definition) is 1. The number of nitrogens with zero attached hydrogens (tertiary/aromatic N) is 1. The number of aliphatic hydroxyl groups is 1. The van der Waals surface area contributed by atoms with Crippen LogP contribution in [-0.4, -0.2) is 34.6 Å². The zero-order valence-electron chi connectivity index (χ0n) is 11.0. The molecule has 0 unspecified atom stereocenters. The van der Waals surface area contributed by atoms with E-state index in [9.17, 15) is 14.3 Å². The first-order valence-electron chi connectivity index (χ1n) is 5.82. The van der Waals surface area contributed by atoms with Gasteiger partial charge in [0.05, 0.1) is 21.2 Å². The van der Waals surface area contributed by atoms with E-state index < -0.39 is 17.3 Å². The first-order valence-corrected chi connectivity index (χ1v) is 6.57. The Hall–Kier alpha value is -0.840. The second kappa shape index (κ2) is 6.07. The van der Waals surface area contributed by atoms with Crippen molar-refractivity contribution in [3.8, 4) is 0 Å². The number of hydrogen-bond acceptors (Lipinski definition) is 2. The Balaban J connectivity index is 3.08. The van der Waals surface area contributed by atoms with Crippen LogP contribution >= 0.6 is 23.2 Å². The number of amides is 1. The Labute approximate surface area is 121 Å². The zero-order valence-corrected chi connectivity index (χ0v) is 12.5. The van der Waals surface area contributed by atoms with Gasteiger partial charge in [-0.05, 0) is 32.9 Å². The highest BCUT2D eigenvalue weighted by molar-refractivity contribution is 6.36. The van der Waals surface area contributed by atoms with Crippen LogP contribution in [0.1, 0.15) is 31.1 Å². The van der Waals surface area contributed by atoms with Gasteiger partial charge in [-0.1, -0.05) is 23.2 Å². The molecular formula is C13H16Cl2FNO2. The average molecular weight is 308 g/mol. The molecule has 106 valence electrons. The molecule has 0 saturated heterocycles. The molecule has 0 radical (unpaired) electrons. The van der Waals surface area contributed by atoms with Crippen molar-refractivity contribution in [1.82, 2.24) is 4.90 Å². The number of carbonyl (C=O) groups excluding carboxylic acids is 1. The van der Waals surface area contributed by atoms with E-state index >= 15 is 0 Å². The van der Waals surface area contributed by atoms with Crippen molar-refractivity contribution in [2.75, 3.05) is 13.1 Å². The molecule has 0 heterocycles. The Kier molecular flexibility index (Phi) is 5.18. The van der Waals surface area contributed by atoms with Crippen molar-refractivity contribution in [2.24, 2.45) is 0 Å². The van der Waals surface area contributed by atoms with Crippen LogP contribution in [0, 0.1) is 5.82 Å². The molecular weight excluding hydrogens is 292 g/mol. The van der Waals surface area contributed by atoms with Crippen molar-refractivity contribution in [3.63, 3.8) is 0 Å². The summed E-state index contributed by atoms with van der Waals surface area (Å²) in [5, 5.41) is 9.72. The van der Waals surface area contributed by atoms with Gasteiger partial charge in [0, 0.05) is 13.1 Å². The molecule has 1 N–H and O–H groups in total. The molecule has 19 heavy (non-hydrogen) atoms. The fourth-order valence-corrected chi connectivity index (χ4v) is 2.12. The highest BCUT2D eigenvalue weighted by atomic mass is 35.5. The quantitative estimate of drug-likeness (QED) is 0.866. The van der Waals surface area contributed by atoms with Crippen LogP contribution < -0.4 is 0 Å². The molecule has 0 aliphatic heterocycles. The van der Waals surface area contributed by atoms with Crippen molar-refractivity contribution in [3.05, 3.63) is 33.6 Å². The van der Waals surface area contributed by atoms with Crippen LogP contribution in [0.3, 0.4) is 0 Å². The summed E-state index contributed by atoms with van der Waals surface area (Å²) in [6.07, 6.45) is 0. The fourth-order valence-electron chi connectivity index (χ4n) is 1.65. The largest absolute Gasteiger partial charge is 0.389 e. The van der Waals surface area contributed by atoms with E-state index in [1.54, 1.807) is 20.8 Å². The predicted octanol–water partition coefficient (Wildman–Crippen LogP) is 3.37. The summed E-state index contributed by atoms with van der Waals surface area (Å²) < 4.78 is 13.4. The van der Waals surface area contributed by atoms with Crippen LogP contribution in [0.15, 0.2) is 12.1 Å². The van der Waals surface area contributed by atoms with Gasteiger partial charge in [-0.15, -0.1) is 0 Å². The van der Waals surface area contributed by atoms with Gasteiger partial charge in [-0.25, -0.2) is 4.39 Å². The summed E-state index contributed by atoms with van der Waals surface area (Å²) in [4.78, 5) is 13.7. The van der Waals surface area contributed by atoms with E-state index in [0.29, 0.717) is 6.54 Å². The van der Waals surface area contributed by atoms with Gasteiger partial charge in [0.25, 0.3) is 5.91 Å². The summed E-state index contributed by atoms with van der Waals surface area (Å²) in [5.74, 6) is -1.14. The molecule has 1 amide bonds. The Morgan fingerprint density at radius 1 is 1.37 bits per heavy atom. The molecule has 0 atom stereocenters. The van der Waals surface area contributed by atoms with Crippen molar-refractivity contribution >= 4 is 29.1 Å². The molecule has 6 heteroatoms. The van der Waals surface area contributed by atoms with E-state index in [1.165, 1.54) is 11.0 Å². The summed E-state index contributed by atoms with van der Waals surface area (Å²) in [7, 11) is 0. The molecule has 3 nitrogen and oxygen atoms in total. The zero-order chi connectivity index (χ0) is 14.8. The number of benzene rings is 1. The van der Waals surface area contributed by atoms with Gasteiger partial charge < -0.3 is 10.0 Å². The predicted molar refractivity (Wildman–Crippen MR) is 74.3 cm³/mol. The number of rotatable bonds is 4. The van der Waals surface area contributed by atoms with Crippen molar-refractivity contribution in [2.45, 2.75) is 26.4 Å². The van der Waals surface area contributed by atoms with Crippen molar-refractivity contribution < 1.29 is 14.3 Å². The normalized spacial score (nSPS) is 11.5. The molecule has 0 aromatic heterocycles. The minimum Gasteiger partial charge on any atom is -0.389 e. The van der Waals surface area contributed by atoms with Crippen LogP contribution in [0.5, 0.6) is 0 Å². The summed E-state index contributed by atoms with van der Waals surface area (Å²) in [5.41, 5.74) is -1.00. The second-order valence-corrected chi connectivity index (χ2v) is 5.69. The lowest BCUT2D eigenvalue weighted by Gasteiger charge is -2.28. The lowest BCUT2D eigenvalue weighted by atomic mass is 10.1. The highest BCUT2D eigenvalue weighted by Gasteiger charge is 2.24. The van der Waals surface area contributed by atoms with Gasteiger partial charge in [0.2, 0.25) is 0 Å². The number of carbonyl (C=O) groups is 1. The van der Waals surface area contributed by atoms with Gasteiger partial charge >= 0.3 is 0 Å². The maximum atomic E-state index is 13.4. The maximum absolute atomic E-state index is 13.4. The third-order valence-corrected chi connectivity index (χ3v) is 3.09. The summed E-state index contributed by atoms with van der Waals surface area (Å²) in [6.45, 7) is 5.45. The molecule has 0 spiro atoms. The van der Waals surface area contributed by atoms with Crippen LogP contribution in [0.4, 0.5) is 4.39 Å². The van der Waals surface area contributed by atoms with E-state index in [4.69, 9.17) is 23.2 Å². The third-order valence-electron chi connectivity index (χ3n) is 2.49. The first kappa shape index (κ1) is 16.2. The first-order chi connectivity index (χ1) is 8.65. The Bertz CT molecular complexity index is 486. The molecule has 0 bridgehead atoms. The van der Waals surface area contributed by atoms with E-state index in [0.717, 1.165) is 6.07 Å². The van der Waals surface area contributed by atoms with Crippen LogP contribution in [0.2, 0.25) is 10.0 Å². The lowest BCUT2D eigenvalue weighted by molar-refractivity contribution is 0.0314.